The second-order valence-corrected chi connectivity index (χ2v) is 10.6. The van der Waals surface area contributed by atoms with Crippen LogP contribution in [0.4, 0.5) is 10.1 Å². The maximum absolute atomic E-state index is 15.5. The quantitative estimate of drug-likeness (QED) is 0.342. The number of fused-ring (bicyclic) bond motifs is 2. The summed E-state index contributed by atoms with van der Waals surface area (Å²) in [6, 6.07) is 5.79. The minimum Gasteiger partial charge on any atom is -0.362 e. The van der Waals surface area contributed by atoms with Crippen molar-refractivity contribution in [1.29, 1.82) is 0 Å². The lowest BCUT2D eigenvalue weighted by molar-refractivity contribution is 0.0995. The molecule has 1 aliphatic heterocycles. The number of benzene rings is 1. The van der Waals surface area contributed by atoms with Crippen LogP contribution >= 0.6 is 11.3 Å². The highest BCUT2D eigenvalue weighted by molar-refractivity contribution is 7.16. The predicted octanol–water partition coefficient (Wildman–Crippen LogP) is 4.79. The minimum atomic E-state index is -0.161. The van der Waals surface area contributed by atoms with E-state index in [-0.39, 0.29) is 29.5 Å². The molecule has 194 valence electrons. The average Bonchev–Trinajstić information content (AvgIpc) is 3.57. The van der Waals surface area contributed by atoms with Crippen molar-refractivity contribution in [3.05, 3.63) is 57.3 Å². The highest BCUT2D eigenvalue weighted by Gasteiger charge is 2.37. The summed E-state index contributed by atoms with van der Waals surface area (Å²) in [5, 5.41) is 0. The molecule has 1 aliphatic rings. The molecule has 0 bridgehead atoms. The van der Waals surface area contributed by atoms with Crippen molar-refractivity contribution >= 4 is 32.9 Å². The van der Waals surface area contributed by atoms with E-state index in [0.717, 1.165) is 43.0 Å². The summed E-state index contributed by atoms with van der Waals surface area (Å²) in [6.45, 7) is 9.77. The monoisotopic (exact) mass is 520 g/mol. The van der Waals surface area contributed by atoms with E-state index in [1.165, 1.54) is 11.3 Å². The van der Waals surface area contributed by atoms with E-state index in [0.29, 0.717) is 22.2 Å². The summed E-state index contributed by atoms with van der Waals surface area (Å²) in [7, 11) is 1.76. The fourth-order valence-electron chi connectivity index (χ4n) is 5.54. The maximum atomic E-state index is 15.5. The van der Waals surface area contributed by atoms with Crippen molar-refractivity contribution in [1.82, 2.24) is 24.1 Å². The zero-order chi connectivity index (χ0) is 26.3. The molecule has 0 N–H and O–H groups in total. The Balaban J connectivity index is 1.52. The third-order valence-corrected chi connectivity index (χ3v) is 8.56. The summed E-state index contributed by atoms with van der Waals surface area (Å²) in [5.41, 5.74) is 5.51. The number of nitrogens with zero attached hydrogens (tertiary/aromatic N) is 6. The number of rotatable bonds is 6. The van der Waals surface area contributed by atoms with Crippen molar-refractivity contribution in [3.63, 3.8) is 0 Å². The number of imidazole rings is 1. The first kappa shape index (κ1) is 25.4. The van der Waals surface area contributed by atoms with Gasteiger partial charge in [-0.1, -0.05) is 25.8 Å². The van der Waals surface area contributed by atoms with Gasteiger partial charge < -0.3 is 4.90 Å². The Morgan fingerprint density at radius 2 is 2.00 bits per heavy atom. The Kier molecular flexibility index (Phi) is 7.06. The molecule has 0 aliphatic carbocycles. The van der Waals surface area contributed by atoms with Gasteiger partial charge in [0.05, 0.1) is 39.7 Å². The van der Waals surface area contributed by atoms with Crippen molar-refractivity contribution in [2.24, 2.45) is 7.05 Å². The highest BCUT2D eigenvalue weighted by Crippen LogP contribution is 2.36. The number of aryl methyl sites for hydroxylation is 1. The zero-order valence-electron chi connectivity index (χ0n) is 22.0. The van der Waals surface area contributed by atoms with E-state index < -0.39 is 0 Å². The van der Waals surface area contributed by atoms with Crippen molar-refractivity contribution in [3.8, 4) is 11.8 Å². The van der Waals surface area contributed by atoms with Crippen LogP contribution in [0.5, 0.6) is 0 Å². The Labute approximate surface area is 220 Å². The Hall–Kier alpha value is -3.22. The largest absolute Gasteiger partial charge is 0.362 e. The van der Waals surface area contributed by atoms with Crippen LogP contribution in [0.3, 0.4) is 0 Å². The van der Waals surface area contributed by atoms with Crippen LogP contribution < -0.4 is 10.5 Å². The smallest absolute Gasteiger partial charge is 0.267 e. The van der Waals surface area contributed by atoms with Gasteiger partial charge in [0.25, 0.3) is 5.56 Å². The average molecular weight is 521 g/mol. The van der Waals surface area contributed by atoms with Crippen LogP contribution in [0.1, 0.15) is 57.8 Å². The van der Waals surface area contributed by atoms with Crippen LogP contribution in [0.2, 0.25) is 0 Å². The van der Waals surface area contributed by atoms with Crippen LogP contribution in [0.25, 0.3) is 15.9 Å². The fraction of sp³-hybridized carbons (Fsp3) is 0.464. The summed E-state index contributed by atoms with van der Waals surface area (Å²) in [4.78, 5) is 26.9. The fourth-order valence-corrected chi connectivity index (χ4v) is 6.28. The first-order valence-corrected chi connectivity index (χ1v) is 13.8. The summed E-state index contributed by atoms with van der Waals surface area (Å²) < 4.78 is 19.5. The Bertz CT molecular complexity index is 1560. The maximum Gasteiger partial charge on any atom is 0.267 e. The van der Waals surface area contributed by atoms with Crippen molar-refractivity contribution < 1.29 is 4.39 Å². The molecule has 0 saturated carbocycles. The van der Waals surface area contributed by atoms with E-state index >= 15 is 4.39 Å². The molecule has 0 radical (unpaired) electrons. The van der Waals surface area contributed by atoms with Crippen LogP contribution in [-0.4, -0.2) is 49.2 Å². The lowest BCUT2D eigenvalue weighted by atomic mass is 9.96. The van der Waals surface area contributed by atoms with Crippen LogP contribution in [0.15, 0.2) is 34.7 Å². The van der Waals surface area contributed by atoms with Gasteiger partial charge in [-0.15, -0.1) is 17.3 Å². The third-order valence-electron chi connectivity index (χ3n) is 7.72. The first-order chi connectivity index (χ1) is 17.9. The molecule has 1 unspecified atom stereocenters. The lowest BCUT2D eigenvalue weighted by Crippen LogP contribution is -2.59. The van der Waals surface area contributed by atoms with E-state index in [2.05, 4.69) is 47.4 Å². The number of aromatic nitrogens is 4. The molecule has 4 aromatic rings. The normalized spacial score (nSPS) is 19.4. The topological polar surface area (TPSA) is 58.7 Å². The molecule has 5 rings (SSSR count). The Morgan fingerprint density at radius 3 is 2.73 bits per heavy atom. The molecule has 3 aromatic heterocycles. The van der Waals surface area contributed by atoms with Gasteiger partial charge in [-0.3, -0.25) is 9.69 Å². The SMILES string of the molecule is CC#CCc1cn2c(n1)c(N1C[C@@H](CC)N(C(C)c3ccc4ncsc4c3F)C[C@@H]1CC)cc(=O)n2C. The van der Waals surface area contributed by atoms with Gasteiger partial charge in [-0.25, -0.2) is 23.6 Å². The van der Waals surface area contributed by atoms with Gasteiger partial charge in [0, 0.05) is 49.9 Å². The van der Waals surface area contributed by atoms with E-state index in [4.69, 9.17) is 4.98 Å². The van der Waals surface area contributed by atoms with E-state index in [1.54, 1.807) is 23.3 Å². The molecule has 4 heterocycles. The molecule has 1 saturated heterocycles. The summed E-state index contributed by atoms with van der Waals surface area (Å²) in [6.07, 6.45) is 4.25. The summed E-state index contributed by atoms with van der Waals surface area (Å²) >= 11 is 1.35. The number of piperazine rings is 1. The number of hydrogen-bond donors (Lipinski definition) is 0. The van der Waals surface area contributed by atoms with Gasteiger partial charge in [0.2, 0.25) is 0 Å². The molecule has 1 aromatic carbocycles. The molecular formula is C28H33FN6OS. The standard InChI is InChI=1S/C28H33FN6OS/c1-6-9-10-19-14-35-28(31-19)24(13-25(36)32(35)5)34-16-20(7-2)33(15-21(34)8-3)18(4)22-11-12-23-27(26(22)29)37-17-30-23/h11-14,17-18,20-21H,7-8,10,15-16H2,1-5H3/t18?,20-,21+/m1/s1. The van der Waals surface area contributed by atoms with Gasteiger partial charge in [-0.2, -0.15) is 0 Å². The van der Waals surface area contributed by atoms with Gasteiger partial charge in [0.15, 0.2) is 5.65 Å². The van der Waals surface area contributed by atoms with Crippen molar-refractivity contribution in [2.45, 2.75) is 65.1 Å². The molecule has 0 spiro atoms. The minimum absolute atomic E-state index is 0.0772. The number of anilines is 1. The zero-order valence-corrected chi connectivity index (χ0v) is 22.8. The van der Waals surface area contributed by atoms with Crippen molar-refractivity contribution in [2.75, 3.05) is 18.0 Å². The second kappa shape index (κ2) is 10.3. The number of thiazole rings is 1. The predicted molar refractivity (Wildman–Crippen MR) is 148 cm³/mol. The lowest BCUT2D eigenvalue weighted by Gasteiger charge is -2.49. The number of hydrogen-bond acceptors (Lipinski definition) is 6. The summed E-state index contributed by atoms with van der Waals surface area (Å²) in [5.74, 6) is 5.84. The molecular weight excluding hydrogens is 487 g/mol. The van der Waals surface area contributed by atoms with E-state index in [9.17, 15) is 4.79 Å². The molecule has 1 fully saturated rings. The van der Waals surface area contributed by atoms with Gasteiger partial charge >= 0.3 is 0 Å². The Morgan fingerprint density at radius 1 is 1.22 bits per heavy atom. The number of halogens is 1. The highest BCUT2D eigenvalue weighted by atomic mass is 32.1. The first-order valence-electron chi connectivity index (χ1n) is 12.9. The molecule has 7 nitrogen and oxygen atoms in total. The molecule has 3 atom stereocenters. The molecule has 9 heteroatoms. The third kappa shape index (κ3) is 4.42. The molecule has 37 heavy (non-hydrogen) atoms. The van der Waals surface area contributed by atoms with E-state index in [1.807, 2.05) is 29.8 Å². The van der Waals surface area contributed by atoms with Crippen LogP contribution in [0, 0.1) is 17.7 Å². The second-order valence-electron chi connectivity index (χ2n) is 9.71. The van der Waals surface area contributed by atoms with Gasteiger partial charge in [0.1, 0.15) is 5.82 Å². The van der Waals surface area contributed by atoms with Gasteiger partial charge in [-0.05, 0) is 32.8 Å². The van der Waals surface area contributed by atoms with Crippen LogP contribution in [-0.2, 0) is 13.5 Å². The molecule has 0 amide bonds.